The molecule has 1 nitrogen and oxygen atoms in total. The number of hydrogen-bond acceptors (Lipinski definition) is 1. The molecule has 0 amide bonds. The first-order valence-electron chi connectivity index (χ1n) is 4.50. The van der Waals surface area contributed by atoms with Crippen molar-refractivity contribution in [3.63, 3.8) is 0 Å². The highest BCUT2D eigenvalue weighted by Gasteiger charge is 2.06. The Kier molecular flexibility index (Phi) is 6.49. The van der Waals surface area contributed by atoms with Crippen LogP contribution in [-0.2, 0) is 0 Å². The summed E-state index contributed by atoms with van der Waals surface area (Å²) in [4.78, 5) is 0. The van der Waals surface area contributed by atoms with E-state index < -0.39 is 0 Å². The first-order valence-corrected chi connectivity index (χ1v) is 4.93. The summed E-state index contributed by atoms with van der Waals surface area (Å²) in [5.41, 5.74) is 2.72. The summed E-state index contributed by atoms with van der Waals surface area (Å²) in [6.45, 7) is 6.22. The van der Waals surface area contributed by atoms with Crippen molar-refractivity contribution < 1.29 is 5.11 Å². The molecular formula is C10H19ClO. The van der Waals surface area contributed by atoms with Crippen LogP contribution in [0.5, 0.6) is 0 Å². The van der Waals surface area contributed by atoms with Gasteiger partial charge in [0.05, 0.1) is 6.10 Å². The average Bonchev–Trinajstić information content (AvgIpc) is 1.99. The smallest absolute Gasteiger partial charge is 0.0545 e. The number of allylic oxidation sites excluding steroid dienone is 1. The summed E-state index contributed by atoms with van der Waals surface area (Å²) < 4.78 is 0. The van der Waals surface area contributed by atoms with Crippen LogP contribution in [0, 0.1) is 5.92 Å². The van der Waals surface area contributed by atoms with E-state index in [1.165, 1.54) is 0 Å². The molecule has 1 unspecified atom stereocenters. The zero-order valence-corrected chi connectivity index (χ0v) is 8.93. The van der Waals surface area contributed by atoms with Crippen molar-refractivity contribution in [3.8, 4) is 0 Å². The molecule has 72 valence electrons. The van der Waals surface area contributed by atoms with Gasteiger partial charge in [-0.15, -0.1) is 0 Å². The lowest BCUT2D eigenvalue weighted by atomic mass is 10.0. The molecule has 1 atom stereocenters. The molecule has 2 heteroatoms. The minimum Gasteiger partial charge on any atom is -0.393 e. The highest BCUT2D eigenvalue weighted by molar-refractivity contribution is 6.25. The Morgan fingerprint density at radius 1 is 1.50 bits per heavy atom. The van der Waals surface area contributed by atoms with Crippen molar-refractivity contribution in [1.82, 2.24) is 0 Å². The number of aliphatic hydroxyl groups is 1. The fraction of sp³-hybridized carbons (Fsp3) is 0.800. The fourth-order valence-corrected chi connectivity index (χ4v) is 1.22. The molecule has 0 saturated heterocycles. The van der Waals surface area contributed by atoms with Crippen molar-refractivity contribution in [3.05, 3.63) is 11.1 Å². The average molecular weight is 191 g/mol. The van der Waals surface area contributed by atoms with Gasteiger partial charge in [-0.05, 0) is 32.1 Å². The molecule has 0 aromatic heterocycles. The van der Waals surface area contributed by atoms with Gasteiger partial charge in [0.15, 0.2) is 0 Å². The molecule has 1 N–H and O–H groups in total. The monoisotopic (exact) mass is 190 g/mol. The van der Waals surface area contributed by atoms with Gasteiger partial charge in [-0.2, -0.15) is 0 Å². The van der Waals surface area contributed by atoms with Crippen molar-refractivity contribution in [2.45, 2.75) is 46.1 Å². The first kappa shape index (κ1) is 12.0. The molecule has 0 aliphatic rings. The van der Waals surface area contributed by atoms with E-state index in [0.717, 1.165) is 24.8 Å². The molecule has 0 aliphatic carbocycles. The van der Waals surface area contributed by atoms with Gasteiger partial charge in [-0.3, -0.25) is 0 Å². The number of aliphatic hydroxyl groups excluding tert-OH is 1. The first-order chi connectivity index (χ1) is 5.56. The van der Waals surface area contributed by atoms with Crippen LogP contribution in [0.3, 0.4) is 0 Å². The zero-order chi connectivity index (χ0) is 9.56. The SMILES string of the molecule is CC(=CCl)CCC(O)CC(C)C. The van der Waals surface area contributed by atoms with Gasteiger partial charge in [-0.1, -0.05) is 31.0 Å². The van der Waals surface area contributed by atoms with Crippen LogP contribution >= 0.6 is 11.6 Å². The fourth-order valence-electron chi connectivity index (χ4n) is 1.11. The standard InChI is InChI=1S/C10H19ClO/c1-8(2)6-10(12)5-4-9(3)7-11/h7-8,10,12H,4-6H2,1-3H3. The van der Waals surface area contributed by atoms with Crippen LogP contribution in [0.2, 0.25) is 0 Å². The van der Waals surface area contributed by atoms with E-state index in [2.05, 4.69) is 13.8 Å². The Labute approximate surface area is 80.4 Å². The molecule has 0 aromatic rings. The number of halogens is 1. The van der Waals surface area contributed by atoms with Crippen LogP contribution in [-0.4, -0.2) is 11.2 Å². The summed E-state index contributed by atoms with van der Waals surface area (Å²) in [7, 11) is 0. The predicted octanol–water partition coefficient (Wildman–Crippen LogP) is 3.32. The topological polar surface area (TPSA) is 20.2 Å². The van der Waals surface area contributed by atoms with Gasteiger partial charge in [0.1, 0.15) is 0 Å². The molecule has 0 radical (unpaired) electrons. The number of hydrogen-bond donors (Lipinski definition) is 1. The van der Waals surface area contributed by atoms with E-state index >= 15 is 0 Å². The van der Waals surface area contributed by atoms with E-state index in [-0.39, 0.29) is 6.10 Å². The summed E-state index contributed by atoms with van der Waals surface area (Å²) in [5.74, 6) is 0.570. The summed E-state index contributed by atoms with van der Waals surface area (Å²) >= 11 is 5.50. The van der Waals surface area contributed by atoms with E-state index in [9.17, 15) is 5.11 Å². The Hall–Kier alpha value is -0.0100. The lowest BCUT2D eigenvalue weighted by Crippen LogP contribution is -2.09. The molecule has 0 spiro atoms. The molecule has 0 saturated carbocycles. The van der Waals surface area contributed by atoms with Crippen LogP contribution in [0.4, 0.5) is 0 Å². The third-order valence-corrected chi connectivity index (χ3v) is 2.17. The molecule has 12 heavy (non-hydrogen) atoms. The second-order valence-corrected chi connectivity index (χ2v) is 4.00. The molecule has 0 aromatic carbocycles. The molecule has 0 rings (SSSR count). The predicted molar refractivity (Wildman–Crippen MR) is 54.3 cm³/mol. The van der Waals surface area contributed by atoms with Gasteiger partial charge in [0.25, 0.3) is 0 Å². The normalized spacial score (nSPS) is 15.3. The van der Waals surface area contributed by atoms with Gasteiger partial charge >= 0.3 is 0 Å². The lowest BCUT2D eigenvalue weighted by molar-refractivity contribution is 0.139. The van der Waals surface area contributed by atoms with Crippen molar-refractivity contribution in [2.24, 2.45) is 5.92 Å². The highest BCUT2D eigenvalue weighted by atomic mass is 35.5. The second kappa shape index (κ2) is 6.50. The van der Waals surface area contributed by atoms with E-state index in [1.54, 1.807) is 5.54 Å². The van der Waals surface area contributed by atoms with E-state index in [1.807, 2.05) is 6.92 Å². The Morgan fingerprint density at radius 3 is 2.50 bits per heavy atom. The summed E-state index contributed by atoms with van der Waals surface area (Å²) in [6, 6.07) is 0. The Balaban J connectivity index is 3.50. The maximum atomic E-state index is 9.49. The highest BCUT2D eigenvalue weighted by Crippen LogP contribution is 2.13. The summed E-state index contributed by atoms with van der Waals surface area (Å²) in [5, 5.41) is 9.49. The molecule has 0 bridgehead atoms. The maximum absolute atomic E-state index is 9.49. The van der Waals surface area contributed by atoms with Crippen LogP contribution in [0.25, 0.3) is 0 Å². The Bertz CT molecular complexity index is 141. The zero-order valence-electron chi connectivity index (χ0n) is 8.18. The molecule has 0 heterocycles. The third kappa shape index (κ3) is 6.68. The summed E-state index contributed by atoms with van der Waals surface area (Å²) in [6.07, 6.45) is 2.44. The van der Waals surface area contributed by atoms with Gasteiger partial charge in [-0.25, -0.2) is 0 Å². The number of rotatable bonds is 5. The van der Waals surface area contributed by atoms with Crippen LogP contribution < -0.4 is 0 Å². The minimum atomic E-state index is -0.170. The minimum absolute atomic E-state index is 0.170. The second-order valence-electron chi connectivity index (χ2n) is 3.78. The van der Waals surface area contributed by atoms with Crippen molar-refractivity contribution >= 4 is 11.6 Å². The molecular weight excluding hydrogens is 172 g/mol. The lowest BCUT2D eigenvalue weighted by Gasteiger charge is -2.12. The quantitative estimate of drug-likeness (QED) is 0.705. The van der Waals surface area contributed by atoms with Crippen molar-refractivity contribution in [2.75, 3.05) is 0 Å². The van der Waals surface area contributed by atoms with Gasteiger partial charge in [0.2, 0.25) is 0 Å². The molecule has 0 aliphatic heterocycles. The van der Waals surface area contributed by atoms with Crippen LogP contribution in [0.15, 0.2) is 11.1 Å². The van der Waals surface area contributed by atoms with Gasteiger partial charge in [0, 0.05) is 5.54 Å². The maximum Gasteiger partial charge on any atom is 0.0545 e. The van der Waals surface area contributed by atoms with Crippen LogP contribution in [0.1, 0.15) is 40.0 Å². The van der Waals surface area contributed by atoms with Gasteiger partial charge < -0.3 is 5.11 Å². The van der Waals surface area contributed by atoms with E-state index in [0.29, 0.717) is 5.92 Å². The Morgan fingerprint density at radius 2 is 2.08 bits per heavy atom. The van der Waals surface area contributed by atoms with E-state index in [4.69, 9.17) is 11.6 Å². The van der Waals surface area contributed by atoms with Crippen molar-refractivity contribution in [1.29, 1.82) is 0 Å². The molecule has 0 fully saturated rings. The third-order valence-electron chi connectivity index (χ3n) is 1.80. The largest absolute Gasteiger partial charge is 0.393 e.